The minimum absolute atomic E-state index is 0.0390. The average molecular weight is 721 g/mol. The second-order valence-corrected chi connectivity index (χ2v) is 13.3. The number of carbonyl (C=O) groups excluding carboxylic acids is 1. The molecule has 0 bridgehead atoms. The van der Waals surface area contributed by atoms with E-state index in [1.54, 1.807) is 48.3 Å². The Hall–Kier alpha value is -2.51. The highest BCUT2D eigenvalue weighted by molar-refractivity contribution is 9.10. The van der Waals surface area contributed by atoms with Crippen LogP contribution in [0.15, 0.2) is 68.9 Å². The van der Waals surface area contributed by atoms with Gasteiger partial charge in [-0.1, -0.05) is 55.1 Å². The van der Waals surface area contributed by atoms with Crippen LogP contribution in [-0.4, -0.2) is 50.0 Å². The maximum Gasteiger partial charge on any atom is 0.348 e. The van der Waals surface area contributed by atoms with E-state index in [2.05, 4.69) is 37.0 Å². The van der Waals surface area contributed by atoms with Gasteiger partial charge in [0.25, 0.3) is 0 Å². The monoisotopic (exact) mass is 718 g/mol. The molecule has 9 nitrogen and oxygen atoms in total. The summed E-state index contributed by atoms with van der Waals surface area (Å²) < 4.78 is 35.0. The van der Waals surface area contributed by atoms with Crippen molar-refractivity contribution in [3.05, 3.63) is 87.4 Å². The molecule has 3 heterocycles. The number of fused-ring (bicyclic) bond motifs is 2. The molecule has 204 valence electrons. The van der Waals surface area contributed by atoms with E-state index >= 15 is 0 Å². The van der Waals surface area contributed by atoms with Crippen molar-refractivity contribution in [1.29, 1.82) is 0 Å². The average Bonchev–Trinajstić information content (AvgIpc) is 2.86. The van der Waals surface area contributed by atoms with Crippen molar-refractivity contribution in [3.8, 4) is 0 Å². The molecule has 0 spiro atoms. The van der Waals surface area contributed by atoms with E-state index < -0.39 is 21.1 Å². The van der Waals surface area contributed by atoms with Crippen LogP contribution in [0.1, 0.15) is 22.8 Å². The highest BCUT2D eigenvalue weighted by atomic mass is 79.9. The molecule has 14 heteroatoms. The Morgan fingerprint density at radius 1 is 0.949 bits per heavy atom. The summed E-state index contributed by atoms with van der Waals surface area (Å²) in [5, 5.41) is 7.39. The van der Waals surface area contributed by atoms with E-state index in [1.165, 1.54) is 6.21 Å². The number of halogens is 4. The third kappa shape index (κ3) is 6.63. The normalized spacial score (nSPS) is 16.8. The molecular formula is C25H18Br2Cl2N2O7S. The van der Waals surface area contributed by atoms with Gasteiger partial charge < -0.3 is 8.83 Å². The highest BCUT2D eigenvalue weighted by Gasteiger charge is 2.27. The van der Waals surface area contributed by atoms with E-state index in [1.807, 2.05) is 0 Å². The van der Waals surface area contributed by atoms with Gasteiger partial charge in [0.1, 0.15) is 16.7 Å². The number of benzene rings is 2. The van der Waals surface area contributed by atoms with Gasteiger partial charge in [0.05, 0.1) is 45.9 Å². The molecular weight excluding hydrogens is 703 g/mol. The number of rotatable bonds is 3. The van der Waals surface area contributed by atoms with E-state index in [9.17, 15) is 22.8 Å². The molecule has 1 aliphatic heterocycles. The van der Waals surface area contributed by atoms with Crippen LogP contribution in [0.4, 0.5) is 0 Å². The van der Waals surface area contributed by atoms with Gasteiger partial charge in [-0.3, -0.25) is 9.80 Å². The molecule has 2 aromatic carbocycles. The molecule has 0 N–H and O–H groups in total. The van der Waals surface area contributed by atoms with Crippen LogP contribution < -0.4 is 11.3 Å². The minimum Gasteiger partial charge on any atom is -0.422 e. The molecule has 4 aromatic rings. The number of hydrogen-bond donors (Lipinski definition) is 0. The van der Waals surface area contributed by atoms with Crippen molar-refractivity contribution in [1.82, 2.24) is 5.01 Å². The fourth-order valence-corrected chi connectivity index (χ4v) is 6.61. The van der Waals surface area contributed by atoms with Gasteiger partial charge in [0.2, 0.25) is 0 Å². The molecule has 2 aromatic heterocycles. The fraction of sp³-hybridized carbons (Fsp3) is 0.200. The summed E-state index contributed by atoms with van der Waals surface area (Å²) in [5.74, 6) is 0.0824. The largest absolute Gasteiger partial charge is 0.422 e. The molecule has 39 heavy (non-hydrogen) atoms. The van der Waals surface area contributed by atoms with E-state index in [0.29, 0.717) is 28.2 Å². The van der Waals surface area contributed by atoms with Crippen LogP contribution in [0, 0.1) is 0 Å². The van der Waals surface area contributed by atoms with Gasteiger partial charge in [0.15, 0.2) is 16.1 Å². The first-order valence-corrected chi connectivity index (χ1v) is 15.4. The van der Waals surface area contributed by atoms with E-state index in [4.69, 9.17) is 32.0 Å². The summed E-state index contributed by atoms with van der Waals surface area (Å²) in [6.07, 6.45) is 1.73. The number of nitrogens with zero attached hydrogens (tertiary/aromatic N) is 2. The number of sulfone groups is 1. The Kier molecular flexibility index (Phi) is 9.01. The lowest BCUT2D eigenvalue weighted by molar-refractivity contribution is 0.112. The summed E-state index contributed by atoms with van der Waals surface area (Å²) >= 11 is 18.9. The van der Waals surface area contributed by atoms with Crippen LogP contribution in [0.5, 0.6) is 0 Å². The second-order valence-electron chi connectivity index (χ2n) is 8.50. The Balaban J connectivity index is 0.000000202. The Bertz CT molecular complexity index is 1860. The lowest BCUT2D eigenvalue weighted by atomic mass is 10.2. The van der Waals surface area contributed by atoms with E-state index in [0.717, 1.165) is 8.95 Å². The molecule has 1 fully saturated rings. The number of hydrazone groups is 1. The smallest absolute Gasteiger partial charge is 0.348 e. The Labute approximate surface area is 248 Å². The molecule has 1 aliphatic rings. The third-order valence-electron chi connectivity index (χ3n) is 5.76. The van der Waals surface area contributed by atoms with Crippen molar-refractivity contribution in [2.45, 2.75) is 13.0 Å². The maximum atomic E-state index is 12.1. The zero-order chi connectivity index (χ0) is 28.5. The predicted octanol–water partition coefficient (Wildman–Crippen LogP) is 5.68. The van der Waals surface area contributed by atoms with Crippen LogP contribution in [0.3, 0.4) is 0 Å². The van der Waals surface area contributed by atoms with Crippen LogP contribution >= 0.6 is 55.1 Å². The maximum absolute atomic E-state index is 12.1. The zero-order valence-electron chi connectivity index (χ0n) is 20.0. The zero-order valence-corrected chi connectivity index (χ0v) is 25.5. The molecule has 1 saturated heterocycles. The molecule has 0 amide bonds. The van der Waals surface area contributed by atoms with E-state index in [-0.39, 0.29) is 45.3 Å². The third-order valence-corrected chi connectivity index (χ3v) is 9.36. The van der Waals surface area contributed by atoms with Crippen molar-refractivity contribution < 1.29 is 22.0 Å². The first kappa shape index (κ1) is 29.5. The number of aldehydes is 1. The summed E-state index contributed by atoms with van der Waals surface area (Å²) in [6, 6.07) is 9.93. The van der Waals surface area contributed by atoms with Crippen LogP contribution in [0.25, 0.3) is 21.9 Å². The summed E-state index contributed by atoms with van der Waals surface area (Å²) in [5.41, 5.74) is -0.563. The molecule has 0 saturated carbocycles. The van der Waals surface area contributed by atoms with Gasteiger partial charge in [0, 0.05) is 19.7 Å². The van der Waals surface area contributed by atoms with Crippen molar-refractivity contribution in [3.63, 3.8) is 0 Å². The van der Waals surface area contributed by atoms with Gasteiger partial charge in [-0.05, 0) is 43.3 Å². The summed E-state index contributed by atoms with van der Waals surface area (Å²) in [4.78, 5) is 34.0. The standard InChI is InChI=1S/C15H14BrClN2O4S.C10H4BrClO3/c1-9-8-24(21,22)5-4-19(9)18-7-12-14(17)11-6-10(16)2-3-13(11)23-15(12)20;11-5-1-2-8-6(3-5)9(12)7(4-13)10(14)15-8/h2-3,6-7,9H,4-5,8H2,1H3;1-4H. The number of hydrogen-bond acceptors (Lipinski definition) is 9. The topological polar surface area (TPSA) is 127 Å². The highest BCUT2D eigenvalue weighted by Crippen LogP contribution is 2.28. The summed E-state index contributed by atoms with van der Waals surface area (Å²) in [6.45, 7) is 2.05. The molecule has 0 aliphatic carbocycles. The van der Waals surface area contributed by atoms with Gasteiger partial charge in [-0.2, -0.15) is 5.10 Å². The molecule has 5 rings (SSSR count). The molecule has 1 atom stereocenters. The minimum atomic E-state index is -3.02. The van der Waals surface area contributed by atoms with Gasteiger partial charge in [-0.25, -0.2) is 18.0 Å². The van der Waals surface area contributed by atoms with Gasteiger partial charge in [-0.15, -0.1) is 0 Å². The quantitative estimate of drug-likeness (QED) is 0.150. The predicted molar refractivity (Wildman–Crippen MR) is 158 cm³/mol. The van der Waals surface area contributed by atoms with Crippen molar-refractivity contribution in [2.75, 3.05) is 18.1 Å². The van der Waals surface area contributed by atoms with Crippen LogP contribution in [-0.2, 0) is 9.84 Å². The Morgan fingerprint density at radius 3 is 1.97 bits per heavy atom. The first-order chi connectivity index (χ1) is 18.4. The molecule has 1 unspecified atom stereocenters. The number of carbonyl (C=O) groups is 1. The first-order valence-electron chi connectivity index (χ1n) is 11.2. The SMILES string of the molecule is CC1CS(=O)(=O)CCN1N=Cc1c(Cl)c2cc(Br)ccc2oc1=O.O=Cc1c(Cl)c2cc(Br)ccc2oc1=O. The second kappa shape index (κ2) is 11.9. The van der Waals surface area contributed by atoms with Crippen molar-refractivity contribution in [2.24, 2.45) is 5.10 Å². The van der Waals surface area contributed by atoms with Gasteiger partial charge >= 0.3 is 11.3 Å². The Morgan fingerprint density at radius 2 is 1.46 bits per heavy atom. The van der Waals surface area contributed by atoms with Crippen LogP contribution in [0.2, 0.25) is 10.0 Å². The lowest BCUT2D eigenvalue weighted by Crippen LogP contribution is -2.43. The molecule has 0 radical (unpaired) electrons. The lowest BCUT2D eigenvalue weighted by Gasteiger charge is -2.30. The van der Waals surface area contributed by atoms with Crippen molar-refractivity contribution >= 4 is 99.3 Å². The summed E-state index contributed by atoms with van der Waals surface area (Å²) in [7, 11) is -3.02. The fourth-order valence-electron chi connectivity index (χ4n) is 3.81.